The molecule has 0 aromatic carbocycles. The molecule has 18 heavy (non-hydrogen) atoms. The van der Waals surface area contributed by atoms with Gasteiger partial charge in [0, 0.05) is 0 Å². The Morgan fingerprint density at radius 3 is 2.22 bits per heavy atom. The smallest absolute Gasteiger partial charge is 0.306 e. The number of rotatable bonds is 10. The molecule has 0 aliphatic carbocycles. The maximum atomic E-state index is 11.5. The van der Waals surface area contributed by atoms with Gasteiger partial charge in [0.15, 0.2) is 0 Å². The maximum Gasteiger partial charge on any atom is 0.306 e. The summed E-state index contributed by atoms with van der Waals surface area (Å²) in [6.45, 7) is 6.46. The van der Waals surface area contributed by atoms with Crippen molar-refractivity contribution in [3.05, 3.63) is 0 Å². The van der Waals surface area contributed by atoms with Crippen molar-refractivity contribution in [2.45, 2.75) is 71.8 Å². The van der Waals surface area contributed by atoms with Gasteiger partial charge in [0.2, 0.25) is 0 Å². The highest BCUT2D eigenvalue weighted by atomic mass is 16.5. The van der Waals surface area contributed by atoms with Gasteiger partial charge in [-0.3, -0.25) is 9.59 Å². The van der Waals surface area contributed by atoms with Crippen LogP contribution in [0.5, 0.6) is 0 Å². The van der Waals surface area contributed by atoms with Crippen LogP contribution in [0.1, 0.15) is 65.7 Å². The highest BCUT2D eigenvalue weighted by Crippen LogP contribution is 2.10. The molecule has 0 heterocycles. The Morgan fingerprint density at radius 1 is 1.00 bits per heavy atom. The molecule has 0 fully saturated rings. The average molecular weight is 258 g/mol. The first-order valence-corrected chi connectivity index (χ1v) is 6.99. The third kappa shape index (κ3) is 9.02. The van der Waals surface area contributed by atoms with Crippen LogP contribution < -0.4 is 0 Å². The van der Waals surface area contributed by atoms with Crippen LogP contribution in [0.4, 0.5) is 0 Å². The Balaban J connectivity index is 3.77. The summed E-state index contributed by atoms with van der Waals surface area (Å²) in [5.74, 6) is -0.623. The van der Waals surface area contributed by atoms with Gasteiger partial charge in [0.05, 0.1) is 19.4 Å². The van der Waals surface area contributed by atoms with Gasteiger partial charge >= 0.3 is 11.9 Å². The first-order chi connectivity index (χ1) is 8.63. The van der Waals surface area contributed by atoms with Crippen LogP contribution >= 0.6 is 0 Å². The number of hydrogen-bond acceptors (Lipinski definition) is 4. The van der Waals surface area contributed by atoms with Crippen molar-refractivity contribution in [2.75, 3.05) is 6.61 Å². The van der Waals surface area contributed by atoms with Crippen LogP contribution in [-0.4, -0.2) is 24.6 Å². The van der Waals surface area contributed by atoms with Crippen molar-refractivity contribution in [1.29, 1.82) is 0 Å². The maximum absolute atomic E-state index is 11.5. The van der Waals surface area contributed by atoms with Crippen LogP contribution in [0.15, 0.2) is 0 Å². The molecule has 4 heteroatoms. The molecular weight excluding hydrogens is 232 g/mol. The summed E-state index contributed by atoms with van der Waals surface area (Å²) in [7, 11) is 0. The molecule has 4 nitrogen and oxygen atoms in total. The Hall–Kier alpha value is -1.06. The van der Waals surface area contributed by atoms with E-state index in [0.29, 0.717) is 6.61 Å². The second kappa shape index (κ2) is 11.1. The highest BCUT2D eigenvalue weighted by Gasteiger charge is 2.14. The normalized spacial score (nSPS) is 11.9. The first kappa shape index (κ1) is 16.9. The minimum Gasteiger partial charge on any atom is -0.466 e. The zero-order valence-electron chi connectivity index (χ0n) is 11.9. The molecule has 0 aromatic heterocycles. The van der Waals surface area contributed by atoms with Crippen molar-refractivity contribution < 1.29 is 19.1 Å². The van der Waals surface area contributed by atoms with Gasteiger partial charge in [-0.05, 0) is 19.3 Å². The number of ether oxygens (including phenoxy) is 2. The molecule has 106 valence electrons. The Labute approximate surface area is 110 Å². The molecule has 1 atom stereocenters. The monoisotopic (exact) mass is 258 g/mol. The van der Waals surface area contributed by atoms with Crippen molar-refractivity contribution in [3.63, 3.8) is 0 Å². The van der Waals surface area contributed by atoms with E-state index in [4.69, 9.17) is 9.47 Å². The second-order valence-electron chi connectivity index (χ2n) is 4.38. The average Bonchev–Trinajstić information content (AvgIpc) is 2.38. The van der Waals surface area contributed by atoms with Crippen molar-refractivity contribution in [2.24, 2.45) is 0 Å². The van der Waals surface area contributed by atoms with E-state index in [1.54, 1.807) is 0 Å². The number of carbonyl (C=O) groups excluding carboxylic acids is 2. The van der Waals surface area contributed by atoms with Gasteiger partial charge in [-0.1, -0.05) is 33.6 Å². The Morgan fingerprint density at radius 2 is 1.67 bits per heavy atom. The zero-order chi connectivity index (χ0) is 13.8. The van der Waals surface area contributed by atoms with Gasteiger partial charge in [-0.15, -0.1) is 0 Å². The van der Waals surface area contributed by atoms with E-state index >= 15 is 0 Å². The van der Waals surface area contributed by atoms with Crippen molar-refractivity contribution in [3.8, 4) is 0 Å². The Kier molecular flexibility index (Phi) is 10.4. The molecule has 0 aliphatic rings. The van der Waals surface area contributed by atoms with Gasteiger partial charge in [-0.2, -0.15) is 0 Å². The number of esters is 2. The first-order valence-electron chi connectivity index (χ1n) is 6.99. The number of hydrogen-bond donors (Lipinski definition) is 0. The third-order valence-electron chi connectivity index (χ3n) is 2.63. The van der Waals surface area contributed by atoms with E-state index in [0.717, 1.165) is 32.1 Å². The summed E-state index contributed by atoms with van der Waals surface area (Å²) in [4.78, 5) is 22.7. The van der Waals surface area contributed by atoms with Crippen LogP contribution in [0.2, 0.25) is 0 Å². The molecule has 0 bridgehead atoms. The lowest BCUT2D eigenvalue weighted by atomic mass is 10.1. The minimum absolute atomic E-state index is 0.0101. The van der Waals surface area contributed by atoms with Crippen LogP contribution in [0, 0.1) is 0 Å². The summed E-state index contributed by atoms with van der Waals surface area (Å²) < 4.78 is 10.2. The van der Waals surface area contributed by atoms with Crippen LogP contribution in [0.25, 0.3) is 0 Å². The molecule has 1 unspecified atom stereocenters. The van der Waals surface area contributed by atoms with Crippen LogP contribution in [-0.2, 0) is 19.1 Å². The quantitative estimate of drug-likeness (QED) is 0.564. The number of unbranched alkanes of at least 4 members (excludes halogenated alkanes) is 1. The van der Waals surface area contributed by atoms with Gasteiger partial charge in [-0.25, -0.2) is 0 Å². The van der Waals surface area contributed by atoms with Crippen molar-refractivity contribution >= 4 is 11.9 Å². The summed E-state index contributed by atoms with van der Waals surface area (Å²) in [6.07, 6.45) is 4.90. The fraction of sp³-hybridized carbons (Fsp3) is 0.857. The SMILES string of the molecule is CCCCC(CC)OC(=O)CCC(=O)OCCC. The lowest BCUT2D eigenvalue weighted by molar-refractivity contribution is -0.154. The molecule has 0 N–H and O–H groups in total. The molecule has 0 saturated carbocycles. The Bertz CT molecular complexity index is 238. The standard InChI is InChI=1S/C14H26O4/c1-4-7-8-12(6-3)18-14(16)10-9-13(15)17-11-5-2/h12H,4-11H2,1-3H3. The highest BCUT2D eigenvalue weighted by molar-refractivity contribution is 5.77. The predicted molar refractivity (Wildman–Crippen MR) is 70.2 cm³/mol. The minimum atomic E-state index is -0.324. The summed E-state index contributed by atoms with van der Waals surface area (Å²) >= 11 is 0. The predicted octanol–water partition coefficient (Wildman–Crippen LogP) is 3.23. The molecule has 0 saturated heterocycles. The fourth-order valence-corrected chi connectivity index (χ4v) is 1.52. The molecule has 0 aliphatic heterocycles. The van der Waals surface area contributed by atoms with E-state index in [9.17, 15) is 9.59 Å². The lowest BCUT2D eigenvalue weighted by Crippen LogP contribution is -2.18. The van der Waals surface area contributed by atoms with E-state index in [1.165, 1.54) is 0 Å². The largest absolute Gasteiger partial charge is 0.466 e. The molecule has 0 rings (SSSR count). The van der Waals surface area contributed by atoms with E-state index in [2.05, 4.69) is 6.92 Å². The summed E-state index contributed by atoms with van der Waals surface area (Å²) in [6, 6.07) is 0. The van der Waals surface area contributed by atoms with Gasteiger partial charge < -0.3 is 9.47 Å². The summed E-state index contributed by atoms with van der Waals surface area (Å²) in [5.41, 5.74) is 0. The molecule has 0 radical (unpaired) electrons. The topological polar surface area (TPSA) is 52.6 Å². The second-order valence-corrected chi connectivity index (χ2v) is 4.38. The van der Waals surface area contributed by atoms with E-state index in [1.807, 2.05) is 13.8 Å². The third-order valence-corrected chi connectivity index (χ3v) is 2.63. The molecule has 0 amide bonds. The van der Waals surface area contributed by atoms with Gasteiger partial charge in [0.25, 0.3) is 0 Å². The van der Waals surface area contributed by atoms with Crippen molar-refractivity contribution in [1.82, 2.24) is 0 Å². The molecular formula is C14H26O4. The fourth-order valence-electron chi connectivity index (χ4n) is 1.52. The number of carbonyl (C=O) groups is 2. The van der Waals surface area contributed by atoms with Gasteiger partial charge in [0.1, 0.15) is 6.10 Å². The zero-order valence-corrected chi connectivity index (χ0v) is 11.9. The molecule has 0 aromatic rings. The lowest BCUT2D eigenvalue weighted by Gasteiger charge is -2.15. The van der Waals surface area contributed by atoms with E-state index < -0.39 is 0 Å². The summed E-state index contributed by atoms with van der Waals surface area (Å²) in [5, 5.41) is 0. The molecule has 0 spiro atoms. The van der Waals surface area contributed by atoms with E-state index in [-0.39, 0.29) is 30.9 Å². The van der Waals surface area contributed by atoms with Crippen LogP contribution in [0.3, 0.4) is 0 Å².